The predicted octanol–water partition coefficient (Wildman–Crippen LogP) is 0.796. The fraction of sp³-hybridized carbons (Fsp3) is 0.583. The summed E-state index contributed by atoms with van der Waals surface area (Å²) in [7, 11) is 0. The Bertz CT molecular complexity index is 421. The number of nitrogens with zero attached hydrogens (tertiary/aromatic N) is 3. The molecule has 0 radical (unpaired) electrons. The number of aromatic nitrogens is 2. The molecule has 0 saturated carbocycles. The Hall–Kier alpha value is -1.49. The zero-order valence-electron chi connectivity index (χ0n) is 10.3. The molecule has 2 rings (SSSR count). The molecule has 1 aliphatic heterocycles. The van der Waals surface area contributed by atoms with Crippen LogP contribution in [-0.2, 0) is 4.79 Å². The second-order valence-corrected chi connectivity index (χ2v) is 4.43. The van der Waals surface area contributed by atoms with Crippen LogP contribution < -0.4 is 5.73 Å². The van der Waals surface area contributed by atoms with Crippen LogP contribution in [-0.4, -0.2) is 33.4 Å². The molecule has 0 aromatic carbocycles. The Morgan fingerprint density at radius 2 is 2.35 bits per heavy atom. The van der Waals surface area contributed by atoms with E-state index in [1.54, 1.807) is 6.20 Å². The molecule has 2 atom stereocenters. The van der Waals surface area contributed by atoms with Gasteiger partial charge in [-0.05, 0) is 19.4 Å². The van der Waals surface area contributed by atoms with Gasteiger partial charge in [-0.15, -0.1) is 0 Å². The number of carbonyl (C=O) groups excluding carboxylic acids is 1. The fourth-order valence-corrected chi connectivity index (χ4v) is 2.34. The van der Waals surface area contributed by atoms with Crippen molar-refractivity contribution in [3.63, 3.8) is 0 Å². The zero-order valence-corrected chi connectivity index (χ0v) is 10.3. The highest BCUT2D eigenvalue weighted by Gasteiger charge is 2.38. The first-order valence-electron chi connectivity index (χ1n) is 5.98. The summed E-state index contributed by atoms with van der Waals surface area (Å²) in [5.41, 5.74) is 6.90. The van der Waals surface area contributed by atoms with Gasteiger partial charge in [0.1, 0.15) is 5.82 Å². The summed E-state index contributed by atoms with van der Waals surface area (Å²) in [4.78, 5) is 22.1. The molecule has 2 heterocycles. The molecule has 1 saturated heterocycles. The molecule has 1 fully saturated rings. The highest BCUT2D eigenvalue weighted by Crippen LogP contribution is 2.30. The fourth-order valence-electron chi connectivity index (χ4n) is 2.34. The molecule has 1 aliphatic rings. The molecule has 1 amide bonds. The number of hydrogen-bond donors (Lipinski definition) is 1. The van der Waals surface area contributed by atoms with Crippen molar-refractivity contribution in [3.8, 4) is 0 Å². The minimum atomic E-state index is -0.164. The lowest BCUT2D eigenvalue weighted by Crippen LogP contribution is -2.34. The summed E-state index contributed by atoms with van der Waals surface area (Å²) in [6, 6.07) is 1.59. The highest BCUT2D eigenvalue weighted by molar-refractivity contribution is 5.80. The first kappa shape index (κ1) is 12.0. The number of nitrogens with two attached hydrogens (primary N) is 1. The molecular weight excluding hydrogens is 216 g/mol. The van der Waals surface area contributed by atoms with Crippen molar-refractivity contribution in [2.45, 2.75) is 38.8 Å². The van der Waals surface area contributed by atoms with Crippen LogP contribution in [0.25, 0.3) is 0 Å². The lowest BCUT2D eigenvalue weighted by atomic mass is 10.1. The first-order chi connectivity index (χ1) is 8.13. The highest BCUT2D eigenvalue weighted by atomic mass is 16.2. The molecule has 1 aromatic heterocycles. The van der Waals surface area contributed by atoms with Gasteiger partial charge in [0.05, 0.1) is 11.7 Å². The van der Waals surface area contributed by atoms with Crippen LogP contribution >= 0.6 is 0 Å². The average molecular weight is 234 g/mol. The molecule has 0 bridgehead atoms. The second kappa shape index (κ2) is 4.79. The predicted molar refractivity (Wildman–Crippen MR) is 64.1 cm³/mol. The van der Waals surface area contributed by atoms with Crippen molar-refractivity contribution in [3.05, 3.63) is 23.8 Å². The van der Waals surface area contributed by atoms with Gasteiger partial charge in [0.25, 0.3) is 0 Å². The van der Waals surface area contributed by atoms with Crippen LogP contribution in [0.4, 0.5) is 0 Å². The topological polar surface area (TPSA) is 72.1 Å². The summed E-state index contributed by atoms with van der Waals surface area (Å²) in [5.74, 6) is 0.839. The third-order valence-electron chi connectivity index (χ3n) is 3.04. The van der Waals surface area contributed by atoms with E-state index in [-0.39, 0.29) is 18.0 Å². The van der Waals surface area contributed by atoms with E-state index < -0.39 is 0 Å². The number of aryl methyl sites for hydroxylation is 1. The number of amides is 1. The van der Waals surface area contributed by atoms with Crippen molar-refractivity contribution < 1.29 is 4.79 Å². The summed E-state index contributed by atoms with van der Waals surface area (Å²) in [5, 5.41) is 0. The van der Waals surface area contributed by atoms with E-state index >= 15 is 0 Å². The van der Waals surface area contributed by atoms with Gasteiger partial charge >= 0.3 is 0 Å². The smallest absolute Gasteiger partial charge is 0.224 e. The van der Waals surface area contributed by atoms with Gasteiger partial charge in [0.15, 0.2) is 0 Å². The number of likely N-dealkylation sites (tertiary alicyclic amines) is 1. The Balaban J connectivity index is 2.31. The summed E-state index contributed by atoms with van der Waals surface area (Å²) >= 11 is 0. The van der Waals surface area contributed by atoms with E-state index in [2.05, 4.69) is 16.9 Å². The van der Waals surface area contributed by atoms with Crippen molar-refractivity contribution in [1.29, 1.82) is 0 Å². The summed E-state index contributed by atoms with van der Waals surface area (Å²) in [6.45, 7) is 4.63. The van der Waals surface area contributed by atoms with Crippen molar-refractivity contribution in [2.24, 2.45) is 5.73 Å². The minimum Gasteiger partial charge on any atom is -0.332 e. The summed E-state index contributed by atoms with van der Waals surface area (Å²) < 4.78 is 0. The average Bonchev–Trinajstić information content (AvgIpc) is 2.54. The minimum absolute atomic E-state index is 0.0934. The van der Waals surface area contributed by atoms with Gasteiger partial charge in [0.2, 0.25) is 5.91 Å². The van der Waals surface area contributed by atoms with Gasteiger partial charge in [-0.1, -0.05) is 6.92 Å². The molecule has 17 heavy (non-hydrogen) atoms. The maximum atomic E-state index is 11.8. The zero-order chi connectivity index (χ0) is 12.4. The third-order valence-corrected chi connectivity index (χ3v) is 3.04. The van der Waals surface area contributed by atoms with Gasteiger partial charge in [-0.3, -0.25) is 4.79 Å². The lowest BCUT2D eigenvalue weighted by molar-refractivity contribution is -0.129. The molecule has 1 aromatic rings. The van der Waals surface area contributed by atoms with Crippen LogP contribution in [0.5, 0.6) is 0 Å². The molecule has 0 aliphatic carbocycles. The van der Waals surface area contributed by atoms with Gasteiger partial charge in [-0.2, -0.15) is 0 Å². The molecule has 2 unspecified atom stereocenters. The van der Waals surface area contributed by atoms with Crippen molar-refractivity contribution in [2.75, 3.05) is 6.54 Å². The number of rotatable bonds is 3. The van der Waals surface area contributed by atoms with E-state index in [1.807, 2.05) is 17.9 Å². The van der Waals surface area contributed by atoms with E-state index in [0.29, 0.717) is 12.2 Å². The van der Waals surface area contributed by atoms with E-state index in [1.165, 1.54) is 0 Å². The Morgan fingerprint density at radius 3 is 3.00 bits per heavy atom. The van der Waals surface area contributed by atoms with Crippen molar-refractivity contribution in [1.82, 2.24) is 14.9 Å². The summed E-state index contributed by atoms with van der Waals surface area (Å²) in [6.07, 6.45) is 3.06. The Kier molecular flexibility index (Phi) is 3.38. The maximum Gasteiger partial charge on any atom is 0.224 e. The number of hydrogen-bond acceptors (Lipinski definition) is 4. The quantitative estimate of drug-likeness (QED) is 0.839. The molecule has 5 heteroatoms. The van der Waals surface area contributed by atoms with Crippen LogP contribution in [0.15, 0.2) is 12.3 Å². The van der Waals surface area contributed by atoms with E-state index in [4.69, 9.17) is 5.73 Å². The van der Waals surface area contributed by atoms with E-state index in [0.717, 1.165) is 18.7 Å². The van der Waals surface area contributed by atoms with Gasteiger partial charge in [-0.25, -0.2) is 9.97 Å². The van der Waals surface area contributed by atoms with Gasteiger partial charge < -0.3 is 10.6 Å². The largest absolute Gasteiger partial charge is 0.332 e. The normalized spacial score (nSPS) is 24.4. The van der Waals surface area contributed by atoms with Crippen LogP contribution in [0.1, 0.15) is 37.3 Å². The number of carbonyl (C=O) groups is 1. The van der Waals surface area contributed by atoms with E-state index in [9.17, 15) is 4.79 Å². The second-order valence-electron chi connectivity index (χ2n) is 4.43. The Labute approximate surface area is 101 Å². The lowest BCUT2D eigenvalue weighted by Gasteiger charge is -2.26. The third kappa shape index (κ3) is 2.29. The van der Waals surface area contributed by atoms with Crippen molar-refractivity contribution >= 4 is 5.91 Å². The van der Waals surface area contributed by atoms with Gasteiger partial charge in [0, 0.05) is 25.2 Å². The van der Waals surface area contributed by atoms with Crippen LogP contribution in [0.2, 0.25) is 0 Å². The van der Waals surface area contributed by atoms with Crippen LogP contribution in [0, 0.1) is 6.92 Å². The molecule has 2 N–H and O–H groups in total. The van der Waals surface area contributed by atoms with Crippen LogP contribution in [0.3, 0.4) is 0 Å². The molecule has 5 nitrogen and oxygen atoms in total. The molecular formula is C12H18N4O. The standard InChI is InChI=1S/C12H18N4O/c1-3-6-16-11(17)7-9(13)12(16)10-4-5-14-8(2)15-10/h4-5,9,12H,3,6-7,13H2,1-2H3. The first-order valence-corrected chi connectivity index (χ1v) is 5.98. The SMILES string of the molecule is CCCN1C(=O)CC(N)C1c1ccnc(C)n1. The Morgan fingerprint density at radius 1 is 1.59 bits per heavy atom. The molecule has 92 valence electrons. The monoisotopic (exact) mass is 234 g/mol. The molecule has 0 spiro atoms. The maximum absolute atomic E-state index is 11.8.